The lowest BCUT2D eigenvalue weighted by Crippen LogP contribution is -2.36. The molecule has 1 saturated carbocycles. The van der Waals surface area contributed by atoms with Crippen molar-refractivity contribution in [3.63, 3.8) is 0 Å². The van der Waals surface area contributed by atoms with Crippen molar-refractivity contribution in [2.75, 3.05) is 13.2 Å². The Bertz CT molecular complexity index is 486. The zero-order valence-corrected chi connectivity index (χ0v) is 12.4. The second-order valence-corrected chi connectivity index (χ2v) is 6.73. The van der Waals surface area contributed by atoms with Crippen LogP contribution in [-0.2, 0) is 15.9 Å². The van der Waals surface area contributed by atoms with E-state index in [1.807, 2.05) is 4.68 Å². The molecule has 0 amide bonds. The molecular formula is C15H24N4O2. The van der Waals surface area contributed by atoms with Gasteiger partial charge in [0.25, 0.3) is 0 Å². The smallest absolute Gasteiger partial charge is 0.110 e. The molecule has 3 aliphatic rings. The zero-order chi connectivity index (χ0) is 14.2. The summed E-state index contributed by atoms with van der Waals surface area (Å²) in [5, 5.41) is 8.67. The van der Waals surface area contributed by atoms with Gasteiger partial charge in [0.2, 0.25) is 0 Å². The van der Waals surface area contributed by atoms with Crippen LogP contribution >= 0.6 is 0 Å². The first-order chi connectivity index (χ1) is 10.3. The SMILES string of the molecule is NC1COC2C1OCC2n1cc(CC2CCCCC2)nn1. The van der Waals surface area contributed by atoms with Gasteiger partial charge in [0.1, 0.15) is 18.2 Å². The molecule has 2 aliphatic heterocycles. The topological polar surface area (TPSA) is 75.2 Å². The molecule has 3 fully saturated rings. The Morgan fingerprint density at radius 1 is 1.14 bits per heavy atom. The first-order valence-electron chi connectivity index (χ1n) is 8.21. The number of hydrogen-bond acceptors (Lipinski definition) is 5. The van der Waals surface area contributed by atoms with E-state index in [4.69, 9.17) is 15.2 Å². The van der Waals surface area contributed by atoms with Crippen LogP contribution in [0.25, 0.3) is 0 Å². The molecule has 3 heterocycles. The average molecular weight is 292 g/mol. The van der Waals surface area contributed by atoms with Crippen molar-refractivity contribution in [1.29, 1.82) is 0 Å². The molecule has 4 unspecified atom stereocenters. The molecule has 2 N–H and O–H groups in total. The van der Waals surface area contributed by atoms with Crippen molar-refractivity contribution < 1.29 is 9.47 Å². The highest BCUT2D eigenvalue weighted by atomic mass is 16.6. The Kier molecular flexibility index (Phi) is 3.69. The lowest BCUT2D eigenvalue weighted by molar-refractivity contribution is 0.0627. The van der Waals surface area contributed by atoms with E-state index in [0.29, 0.717) is 13.2 Å². The summed E-state index contributed by atoms with van der Waals surface area (Å²) < 4.78 is 13.5. The number of nitrogens with two attached hydrogens (primary N) is 1. The predicted octanol–water partition coefficient (Wildman–Crippen LogP) is 1.07. The summed E-state index contributed by atoms with van der Waals surface area (Å²) in [4.78, 5) is 0. The Labute approximate surface area is 125 Å². The molecular weight excluding hydrogens is 268 g/mol. The van der Waals surface area contributed by atoms with E-state index in [-0.39, 0.29) is 24.3 Å². The van der Waals surface area contributed by atoms with E-state index in [0.717, 1.165) is 18.0 Å². The van der Waals surface area contributed by atoms with E-state index >= 15 is 0 Å². The molecule has 1 aromatic heterocycles. The van der Waals surface area contributed by atoms with Crippen molar-refractivity contribution in [3.8, 4) is 0 Å². The number of fused-ring (bicyclic) bond motifs is 1. The van der Waals surface area contributed by atoms with Crippen LogP contribution < -0.4 is 5.73 Å². The van der Waals surface area contributed by atoms with Gasteiger partial charge in [-0.1, -0.05) is 37.3 Å². The van der Waals surface area contributed by atoms with Crippen molar-refractivity contribution in [2.45, 2.75) is 62.8 Å². The highest BCUT2D eigenvalue weighted by Crippen LogP contribution is 2.33. The minimum atomic E-state index is -0.00905. The standard InChI is InChI=1S/C15H24N4O2/c16-12-8-20-15-13(9-21-14(12)15)19-7-11(17-18-19)6-10-4-2-1-3-5-10/h7,10,12-15H,1-6,8-9,16H2. The van der Waals surface area contributed by atoms with Crippen LogP contribution in [0.15, 0.2) is 6.20 Å². The van der Waals surface area contributed by atoms with Crippen LogP contribution in [0, 0.1) is 5.92 Å². The second kappa shape index (κ2) is 5.66. The molecule has 4 atom stereocenters. The fraction of sp³-hybridized carbons (Fsp3) is 0.867. The minimum Gasteiger partial charge on any atom is -0.371 e. The zero-order valence-electron chi connectivity index (χ0n) is 12.4. The molecule has 1 aliphatic carbocycles. The quantitative estimate of drug-likeness (QED) is 0.902. The first kappa shape index (κ1) is 13.7. The van der Waals surface area contributed by atoms with Gasteiger partial charge in [-0.05, 0) is 12.3 Å². The Balaban J connectivity index is 1.42. The van der Waals surface area contributed by atoms with Gasteiger partial charge in [0.15, 0.2) is 0 Å². The van der Waals surface area contributed by atoms with Crippen molar-refractivity contribution in [3.05, 3.63) is 11.9 Å². The van der Waals surface area contributed by atoms with Crippen LogP contribution in [0.1, 0.15) is 43.8 Å². The molecule has 6 heteroatoms. The van der Waals surface area contributed by atoms with Gasteiger partial charge in [0.05, 0.1) is 24.9 Å². The molecule has 0 bridgehead atoms. The molecule has 0 radical (unpaired) electrons. The van der Waals surface area contributed by atoms with Gasteiger partial charge in [-0.2, -0.15) is 0 Å². The summed E-state index contributed by atoms with van der Waals surface area (Å²) in [6.45, 7) is 1.20. The maximum Gasteiger partial charge on any atom is 0.110 e. The molecule has 6 nitrogen and oxygen atoms in total. The largest absolute Gasteiger partial charge is 0.371 e. The van der Waals surface area contributed by atoms with Crippen LogP contribution in [0.3, 0.4) is 0 Å². The maximum absolute atomic E-state index is 5.99. The highest BCUT2D eigenvalue weighted by molar-refractivity contribution is 5.02. The van der Waals surface area contributed by atoms with Gasteiger partial charge < -0.3 is 15.2 Å². The van der Waals surface area contributed by atoms with Crippen LogP contribution in [0.2, 0.25) is 0 Å². The van der Waals surface area contributed by atoms with Gasteiger partial charge in [-0.25, -0.2) is 4.68 Å². The Morgan fingerprint density at radius 2 is 1.95 bits per heavy atom. The van der Waals surface area contributed by atoms with Gasteiger partial charge in [-0.3, -0.25) is 0 Å². The Hall–Kier alpha value is -0.980. The van der Waals surface area contributed by atoms with E-state index in [2.05, 4.69) is 16.5 Å². The van der Waals surface area contributed by atoms with Gasteiger partial charge in [-0.15, -0.1) is 5.10 Å². The van der Waals surface area contributed by atoms with E-state index in [9.17, 15) is 0 Å². The fourth-order valence-electron chi connectivity index (χ4n) is 3.99. The van der Waals surface area contributed by atoms with Crippen molar-refractivity contribution >= 4 is 0 Å². The maximum atomic E-state index is 5.99. The lowest BCUT2D eigenvalue weighted by atomic mass is 9.86. The summed E-state index contributed by atoms with van der Waals surface area (Å²) in [6.07, 6.45) is 9.98. The average Bonchev–Trinajstić information content (AvgIpc) is 3.18. The van der Waals surface area contributed by atoms with Gasteiger partial charge in [0, 0.05) is 6.20 Å². The Morgan fingerprint density at radius 3 is 2.81 bits per heavy atom. The van der Waals surface area contributed by atoms with Crippen LogP contribution in [-0.4, -0.2) is 46.5 Å². The van der Waals surface area contributed by atoms with Crippen molar-refractivity contribution in [1.82, 2.24) is 15.0 Å². The fourth-order valence-corrected chi connectivity index (χ4v) is 3.99. The number of rotatable bonds is 3. The predicted molar refractivity (Wildman–Crippen MR) is 76.8 cm³/mol. The molecule has 116 valence electrons. The van der Waals surface area contributed by atoms with E-state index in [1.165, 1.54) is 32.1 Å². The molecule has 0 spiro atoms. The number of aromatic nitrogens is 3. The third-order valence-corrected chi connectivity index (χ3v) is 5.19. The van der Waals surface area contributed by atoms with Crippen LogP contribution in [0.5, 0.6) is 0 Å². The number of hydrogen-bond donors (Lipinski definition) is 1. The number of nitrogens with zero attached hydrogens (tertiary/aromatic N) is 3. The third-order valence-electron chi connectivity index (χ3n) is 5.19. The first-order valence-corrected chi connectivity index (χ1v) is 8.21. The third kappa shape index (κ3) is 2.60. The molecule has 1 aromatic rings. The molecule has 21 heavy (non-hydrogen) atoms. The summed E-state index contributed by atoms with van der Waals surface area (Å²) in [5.74, 6) is 0.785. The summed E-state index contributed by atoms with van der Waals surface area (Å²) in [7, 11) is 0. The molecule has 0 aromatic carbocycles. The van der Waals surface area contributed by atoms with E-state index in [1.54, 1.807) is 0 Å². The monoisotopic (exact) mass is 292 g/mol. The van der Waals surface area contributed by atoms with Crippen LogP contribution in [0.4, 0.5) is 0 Å². The summed E-state index contributed by atoms with van der Waals surface area (Å²) in [6, 6.07) is 0.112. The highest BCUT2D eigenvalue weighted by Gasteiger charge is 2.47. The molecule has 4 rings (SSSR count). The number of ether oxygens (including phenoxy) is 2. The lowest BCUT2D eigenvalue weighted by Gasteiger charge is -2.20. The minimum absolute atomic E-state index is 0.00905. The normalized spacial score (nSPS) is 37.0. The van der Waals surface area contributed by atoms with Crippen molar-refractivity contribution in [2.24, 2.45) is 11.7 Å². The molecule has 2 saturated heterocycles. The van der Waals surface area contributed by atoms with Gasteiger partial charge >= 0.3 is 0 Å². The summed E-state index contributed by atoms with van der Waals surface area (Å²) >= 11 is 0. The summed E-state index contributed by atoms with van der Waals surface area (Å²) in [5.41, 5.74) is 7.10. The van der Waals surface area contributed by atoms with E-state index < -0.39 is 0 Å². The second-order valence-electron chi connectivity index (χ2n) is 6.73.